The van der Waals surface area contributed by atoms with Crippen LogP contribution in [0.15, 0.2) is 30.3 Å². The molecule has 14 atom stereocenters. The normalized spacial score (nSPS) is 42.5. The van der Waals surface area contributed by atoms with E-state index in [4.69, 9.17) is 33.2 Å². The second-order valence-electron chi connectivity index (χ2n) is 14.3. The van der Waals surface area contributed by atoms with Crippen molar-refractivity contribution in [1.82, 2.24) is 10.2 Å². The van der Waals surface area contributed by atoms with Crippen molar-refractivity contribution in [2.24, 2.45) is 23.7 Å². The zero-order chi connectivity index (χ0) is 32.5. The zero-order valence-electron chi connectivity index (χ0n) is 28.0. The number of carbonyl (C=O) groups excluding carboxylic acids is 2. The van der Waals surface area contributed by atoms with Gasteiger partial charge in [0, 0.05) is 24.9 Å². The molecule has 2 amide bonds. The van der Waals surface area contributed by atoms with Gasteiger partial charge < -0.3 is 38.5 Å². The quantitative estimate of drug-likeness (QED) is 0.387. The summed E-state index contributed by atoms with van der Waals surface area (Å²) in [4.78, 5) is 26.8. The number of alkyl carbamates (subject to hydrolysis) is 1. The molecule has 4 saturated heterocycles. The zero-order valence-corrected chi connectivity index (χ0v) is 28.0. The van der Waals surface area contributed by atoms with Crippen LogP contribution >= 0.6 is 0 Å². The van der Waals surface area contributed by atoms with E-state index in [0.29, 0.717) is 12.3 Å². The van der Waals surface area contributed by atoms with E-state index in [-0.39, 0.29) is 48.7 Å². The van der Waals surface area contributed by atoms with E-state index < -0.39 is 49.3 Å². The lowest BCUT2D eigenvalue weighted by molar-refractivity contribution is -0.365. The average Bonchev–Trinajstić information content (AvgIpc) is 3.33. The summed E-state index contributed by atoms with van der Waals surface area (Å²) in [7, 11) is 1.72. The smallest absolute Gasteiger partial charge is 0.410 e. The van der Waals surface area contributed by atoms with Gasteiger partial charge >= 0.3 is 12.2 Å². The van der Waals surface area contributed by atoms with Crippen molar-refractivity contribution >= 4 is 12.2 Å². The minimum absolute atomic E-state index is 0.0218. The molecule has 1 aromatic carbocycles. The molecule has 5 fully saturated rings. The maximum absolute atomic E-state index is 12.8. The fraction of sp³-hybridized carbons (Fsp3) is 0.771. The fourth-order valence-corrected chi connectivity index (χ4v) is 8.04. The first kappa shape index (κ1) is 33.5. The number of amides is 2. The molecular weight excluding hydrogens is 592 g/mol. The second kappa shape index (κ2) is 14.4. The third kappa shape index (κ3) is 7.18. The van der Waals surface area contributed by atoms with Crippen LogP contribution in [0.1, 0.15) is 78.7 Å². The number of rotatable bonds is 8. The summed E-state index contributed by atoms with van der Waals surface area (Å²) in [6, 6.07) is 9.22. The van der Waals surface area contributed by atoms with Crippen molar-refractivity contribution in [1.29, 1.82) is 0 Å². The molecule has 1 aliphatic carbocycles. The highest BCUT2D eigenvalue weighted by Crippen LogP contribution is 2.43. The molecule has 8 unspecified atom stereocenters. The van der Waals surface area contributed by atoms with E-state index in [2.05, 4.69) is 39.9 Å². The third-order valence-electron chi connectivity index (χ3n) is 10.7. The molecule has 4 aliphatic heterocycles. The first-order valence-corrected chi connectivity index (χ1v) is 17.3. The highest BCUT2D eigenvalue weighted by Gasteiger charge is 2.59. The third-order valence-corrected chi connectivity index (χ3v) is 10.7. The van der Waals surface area contributed by atoms with Gasteiger partial charge in [-0.1, -0.05) is 65.0 Å². The van der Waals surface area contributed by atoms with Gasteiger partial charge in [-0.3, -0.25) is 4.90 Å². The predicted octanol–water partition coefficient (Wildman–Crippen LogP) is 5.60. The molecule has 0 spiro atoms. The summed E-state index contributed by atoms with van der Waals surface area (Å²) in [5.74, 6) is 0.924. The summed E-state index contributed by atoms with van der Waals surface area (Å²) in [6.45, 7) is 11.0. The molecule has 1 saturated carbocycles. The number of hydrogen-bond acceptors (Lipinski definition) is 9. The average molecular weight is 645 g/mol. The molecule has 46 heavy (non-hydrogen) atoms. The van der Waals surface area contributed by atoms with E-state index in [0.717, 1.165) is 37.7 Å². The van der Waals surface area contributed by atoms with Gasteiger partial charge in [-0.25, -0.2) is 9.59 Å². The highest BCUT2D eigenvalue weighted by molar-refractivity contribution is 5.70. The van der Waals surface area contributed by atoms with Crippen LogP contribution in [0.4, 0.5) is 9.59 Å². The highest BCUT2D eigenvalue weighted by atomic mass is 16.8. The summed E-state index contributed by atoms with van der Waals surface area (Å²) >= 11 is 0. The van der Waals surface area contributed by atoms with Crippen LogP contribution < -0.4 is 5.32 Å². The predicted molar refractivity (Wildman–Crippen MR) is 167 cm³/mol. The van der Waals surface area contributed by atoms with Crippen molar-refractivity contribution in [2.75, 3.05) is 7.05 Å². The number of ether oxygens (including phenoxy) is 7. The minimum Gasteiger partial charge on any atom is -0.445 e. The summed E-state index contributed by atoms with van der Waals surface area (Å²) in [5, 5.41) is 3.03. The monoisotopic (exact) mass is 644 g/mol. The van der Waals surface area contributed by atoms with Gasteiger partial charge in [0.2, 0.25) is 0 Å². The Hall–Kier alpha value is -2.44. The number of fused-ring (bicyclic) bond motifs is 3. The van der Waals surface area contributed by atoms with Gasteiger partial charge in [-0.2, -0.15) is 0 Å². The van der Waals surface area contributed by atoms with Crippen LogP contribution in [0.3, 0.4) is 0 Å². The molecule has 5 aliphatic rings. The largest absolute Gasteiger partial charge is 0.445 e. The number of carbonyl (C=O) groups is 2. The number of hydrogen-bond donors (Lipinski definition) is 1. The molecule has 1 aromatic rings. The minimum atomic E-state index is -0.684. The standard InChI is InChI=1S/C35H52N2O9/c1-7-25-19(2)15-21(4)32(41-25)46-33-28-30(45-35(39)37(28)6)29-27(43-33)17-22(5)31(44-29)42-26-14-13-24(16-20(26)3)36-34(38)40-18-23-11-9-8-10-12-23/h8-12,19-22,24-33H,7,13-18H2,1-6H3,(H,36,38)/t19-,20?,21?,22?,24-,25?,26-,27-,28?,29?,30?,31-,32+,33?/m0/s1. The lowest BCUT2D eigenvalue weighted by atomic mass is 9.84. The van der Waals surface area contributed by atoms with E-state index in [1.165, 1.54) is 0 Å². The van der Waals surface area contributed by atoms with Crippen LogP contribution in [0, 0.1) is 23.7 Å². The van der Waals surface area contributed by atoms with Gasteiger partial charge in [0.1, 0.15) is 18.8 Å². The number of likely N-dealkylation sites (N-methyl/N-ethyl adjacent to an activating group) is 1. The van der Waals surface area contributed by atoms with Crippen molar-refractivity contribution in [2.45, 2.75) is 141 Å². The van der Waals surface area contributed by atoms with Gasteiger partial charge in [0.25, 0.3) is 0 Å². The Kier molecular flexibility index (Phi) is 10.4. The van der Waals surface area contributed by atoms with Crippen molar-refractivity contribution in [3.05, 3.63) is 35.9 Å². The lowest BCUT2D eigenvalue weighted by Gasteiger charge is -2.50. The van der Waals surface area contributed by atoms with Crippen molar-refractivity contribution in [3.8, 4) is 0 Å². The van der Waals surface area contributed by atoms with Gasteiger partial charge in [-0.05, 0) is 55.9 Å². The van der Waals surface area contributed by atoms with Crippen LogP contribution in [0.2, 0.25) is 0 Å². The molecule has 0 aromatic heterocycles. The Morgan fingerprint density at radius 3 is 2.35 bits per heavy atom. The van der Waals surface area contributed by atoms with E-state index in [9.17, 15) is 9.59 Å². The van der Waals surface area contributed by atoms with E-state index in [1.807, 2.05) is 30.3 Å². The first-order valence-electron chi connectivity index (χ1n) is 17.3. The summed E-state index contributed by atoms with van der Waals surface area (Å²) in [6.07, 6.45) is 1.40. The SMILES string of the molecule is CCC1O[C@H](OC2O[C@H]3CC(C)[C@@H](O[C@H]4CC[C@H](NC(=O)OCc5ccccc5)CC4C)OC3C3OC(=O)N(C)C23)C(C)C[C@@H]1C. The first-order chi connectivity index (χ1) is 22.1. The van der Waals surface area contributed by atoms with E-state index in [1.54, 1.807) is 11.9 Å². The Labute approximate surface area is 272 Å². The molecule has 0 radical (unpaired) electrons. The topological polar surface area (TPSA) is 114 Å². The number of nitrogens with one attached hydrogen (secondary N) is 1. The molecule has 11 heteroatoms. The Balaban J connectivity index is 1.04. The Morgan fingerprint density at radius 2 is 1.61 bits per heavy atom. The van der Waals surface area contributed by atoms with Gasteiger partial charge in [0.05, 0.1) is 18.3 Å². The fourth-order valence-electron chi connectivity index (χ4n) is 8.04. The van der Waals surface area contributed by atoms with Crippen LogP contribution in [0.5, 0.6) is 0 Å². The maximum Gasteiger partial charge on any atom is 0.410 e. The summed E-state index contributed by atoms with van der Waals surface area (Å²) in [5.41, 5.74) is 0.955. The lowest BCUT2D eigenvalue weighted by Crippen LogP contribution is -2.64. The molecule has 6 rings (SSSR count). The van der Waals surface area contributed by atoms with Crippen LogP contribution in [0.25, 0.3) is 0 Å². The van der Waals surface area contributed by atoms with Crippen LogP contribution in [-0.4, -0.2) is 85.6 Å². The molecule has 11 nitrogen and oxygen atoms in total. The molecule has 4 heterocycles. The number of benzene rings is 1. The molecular formula is C35H52N2O9. The second-order valence-corrected chi connectivity index (χ2v) is 14.3. The molecule has 1 N–H and O–H groups in total. The molecule has 256 valence electrons. The molecule has 0 bridgehead atoms. The van der Waals surface area contributed by atoms with E-state index >= 15 is 0 Å². The number of nitrogens with zero attached hydrogens (tertiary/aromatic N) is 1. The van der Waals surface area contributed by atoms with Gasteiger partial charge in [-0.15, -0.1) is 0 Å². The van der Waals surface area contributed by atoms with Crippen LogP contribution in [-0.2, 0) is 39.8 Å². The Bertz CT molecular complexity index is 1190. The summed E-state index contributed by atoms with van der Waals surface area (Å²) < 4.78 is 44.1. The van der Waals surface area contributed by atoms with Crippen molar-refractivity contribution < 1.29 is 42.7 Å². The van der Waals surface area contributed by atoms with Gasteiger partial charge in [0.15, 0.2) is 25.0 Å². The Morgan fingerprint density at radius 1 is 0.870 bits per heavy atom. The van der Waals surface area contributed by atoms with Crippen molar-refractivity contribution in [3.63, 3.8) is 0 Å². The maximum atomic E-state index is 12.8.